The van der Waals surface area contributed by atoms with Crippen molar-refractivity contribution in [3.63, 3.8) is 0 Å². The summed E-state index contributed by atoms with van der Waals surface area (Å²) in [6, 6.07) is 4.98. The Balaban J connectivity index is 2.93. The Labute approximate surface area is 109 Å². The highest BCUT2D eigenvalue weighted by atomic mass is 127. The second-order valence-electron chi connectivity index (χ2n) is 4.35. The van der Waals surface area contributed by atoms with Crippen LogP contribution >= 0.6 is 22.6 Å². The molecule has 1 rings (SSSR count). The lowest BCUT2D eigenvalue weighted by Crippen LogP contribution is -2.42. The van der Waals surface area contributed by atoms with Crippen LogP contribution in [-0.4, -0.2) is 16.6 Å². The monoisotopic (exact) mass is 333 g/mol. The van der Waals surface area contributed by atoms with Gasteiger partial charge in [0.15, 0.2) is 0 Å². The van der Waals surface area contributed by atoms with Gasteiger partial charge in [-0.05, 0) is 61.1 Å². The summed E-state index contributed by atoms with van der Waals surface area (Å²) in [7, 11) is 0. The molecule has 0 aromatic heterocycles. The van der Waals surface area contributed by atoms with Crippen molar-refractivity contribution in [2.45, 2.75) is 32.7 Å². The first kappa shape index (κ1) is 13.3. The van der Waals surface area contributed by atoms with Gasteiger partial charge in [-0.1, -0.05) is 6.92 Å². The lowest BCUT2D eigenvalue weighted by Gasteiger charge is -2.24. The maximum atomic E-state index is 11.9. The number of nitrogens with one attached hydrogen (secondary N) is 1. The van der Waals surface area contributed by atoms with Gasteiger partial charge >= 0.3 is 0 Å². The molecule has 0 heterocycles. The standard InChI is InChI=1S/C12H16INO2/c1-4-12(2,3)14-11(16)9-7-8(13)5-6-10(9)15/h5-7,15H,4H2,1-3H3,(H,14,16). The molecule has 0 atom stereocenters. The van der Waals surface area contributed by atoms with E-state index in [4.69, 9.17) is 0 Å². The molecule has 1 aromatic carbocycles. The molecule has 0 bridgehead atoms. The first-order valence-electron chi connectivity index (χ1n) is 5.17. The summed E-state index contributed by atoms with van der Waals surface area (Å²) in [6.45, 7) is 5.92. The van der Waals surface area contributed by atoms with Crippen LogP contribution in [0.25, 0.3) is 0 Å². The van der Waals surface area contributed by atoms with Gasteiger partial charge in [-0.2, -0.15) is 0 Å². The van der Waals surface area contributed by atoms with Crippen molar-refractivity contribution in [1.29, 1.82) is 0 Å². The van der Waals surface area contributed by atoms with E-state index in [-0.39, 0.29) is 17.2 Å². The molecule has 0 fully saturated rings. The summed E-state index contributed by atoms with van der Waals surface area (Å²) in [5, 5.41) is 12.5. The van der Waals surface area contributed by atoms with Crippen molar-refractivity contribution in [3.05, 3.63) is 27.3 Å². The zero-order valence-corrected chi connectivity index (χ0v) is 11.8. The first-order valence-corrected chi connectivity index (χ1v) is 6.24. The second-order valence-corrected chi connectivity index (χ2v) is 5.60. The van der Waals surface area contributed by atoms with E-state index >= 15 is 0 Å². The molecule has 0 aliphatic carbocycles. The molecule has 1 amide bonds. The molecule has 0 spiro atoms. The highest BCUT2D eigenvalue weighted by molar-refractivity contribution is 14.1. The van der Waals surface area contributed by atoms with E-state index in [9.17, 15) is 9.90 Å². The van der Waals surface area contributed by atoms with Crippen molar-refractivity contribution < 1.29 is 9.90 Å². The van der Waals surface area contributed by atoms with Crippen molar-refractivity contribution in [2.75, 3.05) is 0 Å². The van der Waals surface area contributed by atoms with Gasteiger partial charge in [-0.25, -0.2) is 0 Å². The number of halogens is 1. The summed E-state index contributed by atoms with van der Waals surface area (Å²) < 4.78 is 0.926. The number of hydrogen-bond donors (Lipinski definition) is 2. The number of rotatable bonds is 3. The molecule has 3 nitrogen and oxygen atoms in total. The van der Waals surface area contributed by atoms with Gasteiger partial charge in [0, 0.05) is 9.11 Å². The number of benzene rings is 1. The van der Waals surface area contributed by atoms with E-state index < -0.39 is 0 Å². The highest BCUT2D eigenvalue weighted by Gasteiger charge is 2.20. The average Bonchev–Trinajstić information content (AvgIpc) is 2.21. The fourth-order valence-corrected chi connectivity index (χ4v) is 1.64. The molecule has 16 heavy (non-hydrogen) atoms. The maximum absolute atomic E-state index is 11.9. The lowest BCUT2D eigenvalue weighted by atomic mass is 10.0. The minimum Gasteiger partial charge on any atom is -0.507 e. The highest BCUT2D eigenvalue weighted by Crippen LogP contribution is 2.20. The van der Waals surface area contributed by atoms with E-state index in [2.05, 4.69) is 27.9 Å². The molecule has 4 heteroatoms. The van der Waals surface area contributed by atoms with Crippen molar-refractivity contribution in [3.8, 4) is 5.75 Å². The van der Waals surface area contributed by atoms with E-state index in [1.165, 1.54) is 6.07 Å². The predicted octanol–water partition coefficient (Wildman–Crippen LogP) is 2.92. The van der Waals surface area contributed by atoms with Crippen molar-refractivity contribution in [1.82, 2.24) is 5.32 Å². The largest absolute Gasteiger partial charge is 0.507 e. The van der Waals surface area contributed by atoms with Crippen LogP contribution < -0.4 is 5.32 Å². The van der Waals surface area contributed by atoms with Gasteiger partial charge in [0.05, 0.1) is 5.56 Å². The van der Waals surface area contributed by atoms with Gasteiger partial charge in [-0.3, -0.25) is 4.79 Å². The fraction of sp³-hybridized carbons (Fsp3) is 0.417. The molecule has 0 aliphatic heterocycles. The molecule has 88 valence electrons. The minimum absolute atomic E-state index is 0.0184. The molecule has 0 aliphatic rings. The number of phenols is 1. The fourth-order valence-electron chi connectivity index (χ4n) is 1.15. The number of aromatic hydroxyl groups is 1. The van der Waals surface area contributed by atoms with E-state index in [1.807, 2.05) is 20.8 Å². The normalized spacial score (nSPS) is 11.2. The van der Waals surface area contributed by atoms with Gasteiger partial charge < -0.3 is 10.4 Å². The maximum Gasteiger partial charge on any atom is 0.255 e. The van der Waals surface area contributed by atoms with E-state index in [1.54, 1.807) is 12.1 Å². The molecule has 1 aromatic rings. The third kappa shape index (κ3) is 3.37. The number of phenolic OH excluding ortho intramolecular Hbond substituents is 1. The topological polar surface area (TPSA) is 49.3 Å². The van der Waals surface area contributed by atoms with Crippen LogP contribution in [0.1, 0.15) is 37.6 Å². The quantitative estimate of drug-likeness (QED) is 0.836. The Bertz CT molecular complexity index is 402. The summed E-state index contributed by atoms with van der Waals surface area (Å²) >= 11 is 2.11. The zero-order valence-electron chi connectivity index (χ0n) is 9.67. The van der Waals surface area contributed by atoms with Gasteiger partial charge in [0.2, 0.25) is 0 Å². The van der Waals surface area contributed by atoms with Crippen LogP contribution in [0.2, 0.25) is 0 Å². The Morgan fingerprint density at radius 3 is 2.69 bits per heavy atom. The predicted molar refractivity (Wildman–Crippen MR) is 72.7 cm³/mol. The van der Waals surface area contributed by atoms with Crippen LogP contribution in [0.3, 0.4) is 0 Å². The molecule has 0 saturated carbocycles. The van der Waals surface area contributed by atoms with E-state index in [0.29, 0.717) is 5.56 Å². The minimum atomic E-state index is -0.259. The Kier molecular flexibility index (Phi) is 4.18. The zero-order chi connectivity index (χ0) is 12.3. The molecular formula is C12H16INO2. The molecule has 2 N–H and O–H groups in total. The molecular weight excluding hydrogens is 317 g/mol. The van der Waals surface area contributed by atoms with E-state index in [0.717, 1.165) is 9.99 Å². The Morgan fingerprint density at radius 2 is 2.12 bits per heavy atom. The number of amides is 1. The summed E-state index contributed by atoms with van der Waals surface area (Å²) in [6.07, 6.45) is 0.837. The molecule has 0 radical (unpaired) electrons. The van der Waals surface area contributed by atoms with Crippen LogP contribution in [0.15, 0.2) is 18.2 Å². The Hall–Kier alpha value is -0.780. The molecule has 0 saturated heterocycles. The number of carbonyl (C=O) groups excluding carboxylic acids is 1. The number of hydrogen-bond acceptors (Lipinski definition) is 2. The smallest absolute Gasteiger partial charge is 0.255 e. The third-order valence-corrected chi connectivity index (χ3v) is 3.21. The third-order valence-electron chi connectivity index (χ3n) is 2.54. The van der Waals surface area contributed by atoms with Crippen LogP contribution in [0, 0.1) is 3.57 Å². The second kappa shape index (κ2) is 5.03. The SMILES string of the molecule is CCC(C)(C)NC(=O)c1cc(I)ccc1O. The van der Waals surface area contributed by atoms with Crippen LogP contribution in [0.5, 0.6) is 5.75 Å². The lowest BCUT2D eigenvalue weighted by molar-refractivity contribution is 0.0908. The van der Waals surface area contributed by atoms with Crippen LogP contribution in [-0.2, 0) is 0 Å². The average molecular weight is 333 g/mol. The van der Waals surface area contributed by atoms with Crippen molar-refractivity contribution >= 4 is 28.5 Å². The van der Waals surface area contributed by atoms with Crippen molar-refractivity contribution in [2.24, 2.45) is 0 Å². The Morgan fingerprint density at radius 1 is 1.50 bits per heavy atom. The summed E-state index contributed by atoms with van der Waals surface area (Å²) in [4.78, 5) is 11.9. The van der Waals surface area contributed by atoms with Gasteiger partial charge in [0.1, 0.15) is 5.75 Å². The number of carbonyl (C=O) groups is 1. The first-order chi connectivity index (χ1) is 7.35. The summed E-state index contributed by atoms with van der Waals surface area (Å²) in [5.41, 5.74) is 0.0681. The van der Waals surface area contributed by atoms with Gasteiger partial charge in [-0.15, -0.1) is 0 Å². The van der Waals surface area contributed by atoms with Gasteiger partial charge in [0.25, 0.3) is 5.91 Å². The van der Waals surface area contributed by atoms with Crippen LogP contribution in [0.4, 0.5) is 0 Å². The molecule has 0 unspecified atom stereocenters. The summed E-state index contributed by atoms with van der Waals surface area (Å²) in [5.74, 6) is -0.215.